The van der Waals surface area contributed by atoms with E-state index in [0.717, 1.165) is 6.54 Å². The molecule has 1 aromatic rings. The third-order valence-electron chi connectivity index (χ3n) is 4.74. The van der Waals surface area contributed by atoms with Crippen molar-refractivity contribution in [1.29, 1.82) is 0 Å². The standard InChI is InChI=1S/C15H23N3/c1-12-2-4-14(5-3-12)17-15(11-16)7-9-18-8-6-13(15)10-18/h2-5,13,17H,6-11,16H2,1H3. The van der Waals surface area contributed by atoms with Gasteiger partial charge in [0.25, 0.3) is 0 Å². The predicted octanol–water partition coefficient (Wildman–Crippen LogP) is 1.83. The summed E-state index contributed by atoms with van der Waals surface area (Å²) in [6, 6.07) is 8.68. The number of aryl methyl sites for hydroxylation is 1. The van der Waals surface area contributed by atoms with Gasteiger partial charge in [-0.1, -0.05) is 17.7 Å². The van der Waals surface area contributed by atoms with Crippen molar-refractivity contribution in [2.24, 2.45) is 11.7 Å². The lowest BCUT2D eigenvalue weighted by molar-refractivity contribution is 0.190. The van der Waals surface area contributed by atoms with Gasteiger partial charge in [-0.25, -0.2) is 0 Å². The smallest absolute Gasteiger partial charge is 0.0548 e. The molecule has 0 aromatic heterocycles. The van der Waals surface area contributed by atoms with Crippen LogP contribution in [-0.2, 0) is 0 Å². The summed E-state index contributed by atoms with van der Waals surface area (Å²) in [6.07, 6.45) is 2.46. The molecule has 3 heteroatoms. The van der Waals surface area contributed by atoms with Crippen molar-refractivity contribution < 1.29 is 0 Å². The molecule has 3 rings (SSSR count). The van der Waals surface area contributed by atoms with Crippen LogP contribution in [0.4, 0.5) is 5.69 Å². The summed E-state index contributed by atoms with van der Waals surface area (Å²) in [6.45, 7) is 6.52. The summed E-state index contributed by atoms with van der Waals surface area (Å²) in [5.74, 6) is 0.706. The molecule has 3 unspecified atom stereocenters. The van der Waals surface area contributed by atoms with Gasteiger partial charge in [-0.05, 0) is 44.4 Å². The van der Waals surface area contributed by atoms with Crippen molar-refractivity contribution >= 4 is 5.69 Å². The lowest BCUT2D eigenvalue weighted by Gasteiger charge is -2.43. The number of anilines is 1. The van der Waals surface area contributed by atoms with E-state index < -0.39 is 0 Å². The first-order chi connectivity index (χ1) is 8.72. The number of hydrogen-bond acceptors (Lipinski definition) is 3. The second-order valence-electron chi connectivity index (χ2n) is 5.89. The van der Waals surface area contributed by atoms with E-state index >= 15 is 0 Å². The predicted molar refractivity (Wildman–Crippen MR) is 75.8 cm³/mol. The molecule has 3 N–H and O–H groups in total. The number of nitrogens with zero attached hydrogens (tertiary/aromatic N) is 1. The Kier molecular flexibility index (Phi) is 3.04. The van der Waals surface area contributed by atoms with E-state index in [9.17, 15) is 0 Å². The second kappa shape index (κ2) is 4.56. The minimum atomic E-state index is 0.113. The van der Waals surface area contributed by atoms with Gasteiger partial charge in [0.2, 0.25) is 0 Å². The number of rotatable bonds is 3. The summed E-state index contributed by atoms with van der Waals surface area (Å²) >= 11 is 0. The average molecular weight is 245 g/mol. The van der Waals surface area contributed by atoms with Gasteiger partial charge in [-0.3, -0.25) is 0 Å². The Balaban J connectivity index is 1.81. The maximum atomic E-state index is 6.12. The van der Waals surface area contributed by atoms with Crippen LogP contribution in [0.2, 0.25) is 0 Å². The van der Waals surface area contributed by atoms with Crippen LogP contribution in [0.15, 0.2) is 24.3 Å². The molecule has 2 bridgehead atoms. The fourth-order valence-electron chi connectivity index (χ4n) is 3.46. The van der Waals surface area contributed by atoms with Crippen LogP contribution < -0.4 is 11.1 Å². The molecule has 0 spiro atoms. The van der Waals surface area contributed by atoms with Crippen molar-refractivity contribution in [3.05, 3.63) is 29.8 Å². The lowest BCUT2D eigenvalue weighted by Crippen LogP contribution is -2.56. The SMILES string of the molecule is Cc1ccc(NC2(CN)CCN3CCC2C3)cc1. The summed E-state index contributed by atoms with van der Waals surface area (Å²) in [5, 5.41) is 3.75. The number of benzene rings is 1. The molecule has 18 heavy (non-hydrogen) atoms. The zero-order valence-electron chi connectivity index (χ0n) is 11.2. The van der Waals surface area contributed by atoms with Crippen LogP contribution in [-0.4, -0.2) is 36.6 Å². The van der Waals surface area contributed by atoms with E-state index in [2.05, 4.69) is 41.4 Å². The summed E-state index contributed by atoms with van der Waals surface area (Å²) in [7, 11) is 0. The first kappa shape index (κ1) is 12.0. The molecule has 2 saturated heterocycles. The van der Waals surface area contributed by atoms with Crippen molar-refractivity contribution in [2.45, 2.75) is 25.3 Å². The van der Waals surface area contributed by atoms with Gasteiger partial charge in [-0.2, -0.15) is 0 Å². The van der Waals surface area contributed by atoms with Gasteiger partial charge in [0.05, 0.1) is 5.54 Å². The highest BCUT2D eigenvalue weighted by molar-refractivity contribution is 5.47. The van der Waals surface area contributed by atoms with E-state index in [1.165, 1.54) is 43.7 Å². The Morgan fingerprint density at radius 2 is 2.11 bits per heavy atom. The van der Waals surface area contributed by atoms with Crippen LogP contribution in [0.1, 0.15) is 18.4 Å². The molecular formula is C15H23N3. The zero-order chi connectivity index (χ0) is 12.6. The molecule has 2 heterocycles. The first-order valence-corrected chi connectivity index (χ1v) is 6.99. The molecule has 98 valence electrons. The van der Waals surface area contributed by atoms with Crippen LogP contribution in [0, 0.1) is 12.8 Å². The molecule has 1 aromatic carbocycles. The molecule has 2 aliphatic heterocycles. The fourth-order valence-corrected chi connectivity index (χ4v) is 3.46. The normalized spacial score (nSPS) is 34.6. The van der Waals surface area contributed by atoms with E-state index in [1.807, 2.05) is 0 Å². The molecular weight excluding hydrogens is 222 g/mol. The van der Waals surface area contributed by atoms with Crippen LogP contribution in [0.25, 0.3) is 0 Å². The molecule has 2 aliphatic rings. The summed E-state index contributed by atoms with van der Waals surface area (Å²) in [5.41, 5.74) is 8.75. The van der Waals surface area contributed by atoms with E-state index in [4.69, 9.17) is 5.73 Å². The summed E-state index contributed by atoms with van der Waals surface area (Å²) in [4.78, 5) is 2.56. The molecule has 2 fully saturated rings. The fraction of sp³-hybridized carbons (Fsp3) is 0.600. The topological polar surface area (TPSA) is 41.3 Å². The maximum Gasteiger partial charge on any atom is 0.0548 e. The Morgan fingerprint density at radius 3 is 2.83 bits per heavy atom. The summed E-state index contributed by atoms with van der Waals surface area (Å²) < 4.78 is 0. The minimum Gasteiger partial charge on any atom is -0.378 e. The zero-order valence-corrected chi connectivity index (χ0v) is 11.2. The van der Waals surface area contributed by atoms with Crippen molar-refractivity contribution in [2.75, 3.05) is 31.5 Å². The minimum absolute atomic E-state index is 0.113. The second-order valence-corrected chi connectivity index (χ2v) is 5.89. The number of piperidine rings is 1. The Bertz CT molecular complexity index is 414. The molecule has 0 amide bonds. The lowest BCUT2D eigenvalue weighted by atomic mass is 9.78. The van der Waals surface area contributed by atoms with E-state index in [1.54, 1.807) is 0 Å². The highest BCUT2D eigenvalue weighted by Crippen LogP contribution is 2.37. The van der Waals surface area contributed by atoms with Gasteiger partial charge >= 0.3 is 0 Å². The molecule has 3 nitrogen and oxygen atoms in total. The monoisotopic (exact) mass is 245 g/mol. The highest BCUT2D eigenvalue weighted by Gasteiger charge is 2.45. The average Bonchev–Trinajstić information content (AvgIpc) is 2.81. The maximum absolute atomic E-state index is 6.12. The highest BCUT2D eigenvalue weighted by atomic mass is 15.2. The van der Waals surface area contributed by atoms with Gasteiger partial charge in [-0.15, -0.1) is 0 Å². The Hall–Kier alpha value is -1.06. The number of nitrogens with one attached hydrogen (secondary N) is 1. The largest absolute Gasteiger partial charge is 0.378 e. The third-order valence-corrected chi connectivity index (χ3v) is 4.74. The van der Waals surface area contributed by atoms with E-state index in [-0.39, 0.29) is 5.54 Å². The van der Waals surface area contributed by atoms with Gasteiger partial charge in [0.1, 0.15) is 0 Å². The first-order valence-electron chi connectivity index (χ1n) is 6.99. The van der Waals surface area contributed by atoms with Crippen molar-refractivity contribution in [3.8, 4) is 0 Å². The van der Waals surface area contributed by atoms with Crippen molar-refractivity contribution in [1.82, 2.24) is 4.90 Å². The van der Waals surface area contributed by atoms with Crippen LogP contribution in [0.5, 0.6) is 0 Å². The Morgan fingerprint density at radius 1 is 1.33 bits per heavy atom. The quantitative estimate of drug-likeness (QED) is 0.853. The van der Waals surface area contributed by atoms with Crippen LogP contribution >= 0.6 is 0 Å². The number of fused-ring (bicyclic) bond motifs is 2. The molecule has 0 saturated carbocycles. The number of hydrogen-bond donors (Lipinski definition) is 2. The Labute approximate surface area is 109 Å². The van der Waals surface area contributed by atoms with E-state index in [0.29, 0.717) is 5.92 Å². The van der Waals surface area contributed by atoms with Crippen molar-refractivity contribution in [3.63, 3.8) is 0 Å². The van der Waals surface area contributed by atoms with Gasteiger partial charge in [0.15, 0.2) is 0 Å². The van der Waals surface area contributed by atoms with Gasteiger partial charge < -0.3 is 16.0 Å². The van der Waals surface area contributed by atoms with Gasteiger partial charge in [0, 0.05) is 25.3 Å². The number of nitrogens with two attached hydrogens (primary N) is 1. The third kappa shape index (κ3) is 2.02. The van der Waals surface area contributed by atoms with Crippen LogP contribution in [0.3, 0.4) is 0 Å². The molecule has 3 atom stereocenters. The molecule has 0 radical (unpaired) electrons. The molecule has 0 aliphatic carbocycles.